The lowest BCUT2D eigenvalue weighted by Crippen LogP contribution is -2.52. The van der Waals surface area contributed by atoms with Crippen molar-refractivity contribution in [3.05, 3.63) is 35.5 Å². The fourth-order valence-corrected chi connectivity index (χ4v) is 4.87. The molecule has 0 radical (unpaired) electrons. The number of hydrogen-bond acceptors (Lipinski definition) is 3. The molecule has 0 spiro atoms. The Labute approximate surface area is 131 Å². The van der Waals surface area contributed by atoms with E-state index in [2.05, 4.69) is 19.9 Å². The van der Waals surface area contributed by atoms with Crippen molar-refractivity contribution in [3.8, 4) is 6.07 Å². The molecule has 3 heteroatoms. The lowest BCUT2D eigenvalue weighted by molar-refractivity contribution is -0.130. The van der Waals surface area contributed by atoms with Gasteiger partial charge in [0.15, 0.2) is 11.6 Å². The maximum Gasteiger partial charge on any atom is 0.178 e. The van der Waals surface area contributed by atoms with Gasteiger partial charge in [0.1, 0.15) is 6.07 Å². The van der Waals surface area contributed by atoms with Crippen molar-refractivity contribution >= 4 is 11.6 Å². The van der Waals surface area contributed by atoms with E-state index >= 15 is 0 Å². The molecule has 0 N–H and O–H groups in total. The SMILES string of the molecule is CC1(C)C(=O)C(C#N)=CC2(C)C3=CC(=O)C=C[C@]3(C)CC[C@@H]12. The molecule has 114 valence electrons. The van der Waals surface area contributed by atoms with Crippen molar-refractivity contribution in [1.82, 2.24) is 0 Å². The van der Waals surface area contributed by atoms with Gasteiger partial charge in [-0.2, -0.15) is 5.26 Å². The molecule has 3 nitrogen and oxygen atoms in total. The van der Waals surface area contributed by atoms with E-state index in [1.807, 2.05) is 26.0 Å². The second-order valence-electron chi connectivity index (χ2n) is 7.81. The van der Waals surface area contributed by atoms with Gasteiger partial charge < -0.3 is 0 Å². The molecule has 0 aromatic carbocycles. The Bertz CT molecular complexity index is 716. The van der Waals surface area contributed by atoms with Crippen LogP contribution < -0.4 is 0 Å². The number of carbonyl (C=O) groups is 2. The lowest BCUT2D eigenvalue weighted by Gasteiger charge is -2.56. The minimum Gasteiger partial charge on any atom is -0.293 e. The van der Waals surface area contributed by atoms with Crippen LogP contribution in [0.4, 0.5) is 0 Å². The first kappa shape index (κ1) is 15.0. The molecule has 0 aromatic rings. The molecule has 1 saturated carbocycles. The zero-order valence-corrected chi connectivity index (χ0v) is 13.6. The molecule has 3 aliphatic carbocycles. The third-order valence-corrected chi connectivity index (χ3v) is 6.04. The van der Waals surface area contributed by atoms with Crippen LogP contribution in [0.25, 0.3) is 0 Å². The molecule has 0 aromatic heterocycles. The zero-order valence-electron chi connectivity index (χ0n) is 13.6. The minimum absolute atomic E-state index is 0.00374. The van der Waals surface area contributed by atoms with Gasteiger partial charge in [0.25, 0.3) is 0 Å². The molecular weight excluding hydrogens is 274 g/mol. The summed E-state index contributed by atoms with van der Waals surface area (Å²) in [5.41, 5.74) is 0.122. The highest BCUT2D eigenvalue weighted by Crippen LogP contribution is 2.62. The van der Waals surface area contributed by atoms with E-state index in [-0.39, 0.29) is 28.5 Å². The van der Waals surface area contributed by atoms with Crippen LogP contribution >= 0.6 is 0 Å². The second-order valence-corrected chi connectivity index (χ2v) is 7.81. The molecule has 1 fully saturated rings. The molecule has 0 aliphatic heterocycles. The summed E-state index contributed by atoms with van der Waals surface area (Å²) in [6.07, 6.45) is 9.02. The number of ketones is 2. The number of Topliss-reactive ketones (excluding diaryl/α,β-unsaturated/α-hetero) is 1. The predicted octanol–water partition coefficient (Wildman–Crippen LogP) is 3.53. The van der Waals surface area contributed by atoms with Crippen LogP contribution in [0.2, 0.25) is 0 Å². The van der Waals surface area contributed by atoms with Gasteiger partial charge >= 0.3 is 0 Å². The van der Waals surface area contributed by atoms with E-state index in [0.717, 1.165) is 18.4 Å². The summed E-state index contributed by atoms with van der Waals surface area (Å²) in [6.45, 7) is 8.10. The highest BCUT2D eigenvalue weighted by molar-refractivity contribution is 6.05. The Hall–Kier alpha value is -1.95. The Morgan fingerprint density at radius 3 is 2.55 bits per heavy atom. The van der Waals surface area contributed by atoms with E-state index in [1.54, 1.807) is 12.2 Å². The molecule has 3 aliphatic rings. The number of hydrogen-bond donors (Lipinski definition) is 0. The molecule has 0 bridgehead atoms. The summed E-state index contributed by atoms with van der Waals surface area (Å²) in [5.74, 6) is 0.0403. The molecule has 0 amide bonds. The summed E-state index contributed by atoms with van der Waals surface area (Å²) in [7, 11) is 0. The summed E-state index contributed by atoms with van der Waals surface area (Å²) in [5, 5.41) is 9.37. The minimum atomic E-state index is -0.582. The van der Waals surface area contributed by atoms with Crippen molar-refractivity contribution in [2.24, 2.45) is 22.2 Å². The standard InChI is InChI=1S/C19H21NO2/c1-17(2)14-6-8-18(3)7-5-13(21)9-15(18)19(14,4)10-12(11-20)16(17)22/h5,7,9-10,14H,6,8H2,1-4H3/t14-,18+,19?/m0/s1. The van der Waals surface area contributed by atoms with Gasteiger partial charge in [-0.3, -0.25) is 9.59 Å². The first-order chi connectivity index (χ1) is 10.1. The zero-order chi connectivity index (χ0) is 16.3. The van der Waals surface area contributed by atoms with Crippen molar-refractivity contribution in [3.63, 3.8) is 0 Å². The summed E-state index contributed by atoms with van der Waals surface area (Å²) in [6, 6.07) is 2.07. The number of carbonyl (C=O) groups excluding carboxylic acids is 2. The van der Waals surface area contributed by atoms with Gasteiger partial charge in [-0.1, -0.05) is 39.8 Å². The lowest BCUT2D eigenvalue weighted by atomic mass is 9.46. The van der Waals surface area contributed by atoms with Crippen molar-refractivity contribution < 1.29 is 9.59 Å². The molecule has 3 rings (SSSR count). The number of nitrogens with zero attached hydrogens (tertiary/aromatic N) is 1. The van der Waals surface area contributed by atoms with Crippen LogP contribution in [0.3, 0.4) is 0 Å². The first-order valence-electron chi connectivity index (χ1n) is 7.79. The Balaban J connectivity index is 2.26. The number of rotatable bonds is 0. The van der Waals surface area contributed by atoms with E-state index in [1.165, 1.54) is 0 Å². The Morgan fingerprint density at radius 2 is 1.91 bits per heavy atom. The monoisotopic (exact) mass is 295 g/mol. The first-order valence-corrected chi connectivity index (χ1v) is 7.79. The number of fused-ring (bicyclic) bond motifs is 3. The van der Waals surface area contributed by atoms with E-state index in [0.29, 0.717) is 0 Å². The van der Waals surface area contributed by atoms with Crippen molar-refractivity contribution in [2.75, 3.05) is 0 Å². The maximum atomic E-state index is 12.6. The summed E-state index contributed by atoms with van der Waals surface area (Å²) in [4.78, 5) is 24.5. The molecular formula is C19H21NO2. The average Bonchev–Trinajstić information content (AvgIpc) is 2.45. The van der Waals surface area contributed by atoms with Gasteiger partial charge in [-0.15, -0.1) is 0 Å². The van der Waals surface area contributed by atoms with Gasteiger partial charge in [-0.05, 0) is 36.5 Å². The van der Waals surface area contributed by atoms with Gasteiger partial charge in [-0.25, -0.2) is 0 Å². The normalized spacial score (nSPS) is 39.3. The predicted molar refractivity (Wildman–Crippen MR) is 83.7 cm³/mol. The fraction of sp³-hybridized carbons (Fsp3) is 0.526. The Kier molecular flexibility index (Phi) is 2.92. The van der Waals surface area contributed by atoms with Crippen molar-refractivity contribution in [1.29, 1.82) is 5.26 Å². The fourth-order valence-electron chi connectivity index (χ4n) is 4.87. The quantitative estimate of drug-likeness (QED) is 0.687. The molecule has 0 heterocycles. The third-order valence-electron chi connectivity index (χ3n) is 6.04. The average molecular weight is 295 g/mol. The van der Waals surface area contributed by atoms with E-state index in [9.17, 15) is 14.9 Å². The number of allylic oxidation sites excluding steroid dienone is 6. The van der Waals surface area contributed by atoms with E-state index in [4.69, 9.17) is 0 Å². The van der Waals surface area contributed by atoms with Gasteiger partial charge in [0, 0.05) is 16.2 Å². The molecule has 22 heavy (non-hydrogen) atoms. The summed E-state index contributed by atoms with van der Waals surface area (Å²) >= 11 is 0. The largest absolute Gasteiger partial charge is 0.293 e. The van der Waals surface area contributed by atoms with Crippen LogP contribution in [0, 0.1) is 33.5 Å². The topological polar surface area (TPSA) is 57.9 Å². The third kappa shape index (κ3) is 1.73. The van der Waals surface area contributed by atoms with Crippen LogP contribution in [0.5, 0.6) is 0 Å². The Morgan fingerprint density at radius 1 is 1.23 bits per heavy atom. The summed E-state index contributed by atoms with van der Waals surface area (Å²) < 4.78 is 0. The van der Waals surface area contributed by atoms with Gasteiger partial charge in [0.2, 0.25) is 0 Å². The molecule has 3 atom stereocenters. The highest BCUT2D eigenvalue weighted by Gasteiger charge is 2.58. The highest BCUT2D eigenvalue weighted by atomic mass is 16.1. The smallest absolute Gasteiger partial charge is 0.178 e. The van der Waals surface area contributed by atoms with Crippen LogP contribution in [-0.4, -0.2) is 11.6 Å². The van der Waals surface area contributed by atoms with E-state index < -0.39 is 10.8 Å². The van der Waals surface area contributed by atoms with Crippen LogP contribution in [0.15, 0.2) is 35.5 Å². The molecule has 0 saturated heterocycles. The number of nitriles is 1. The van der Waals surface area contributed by atoms with Crippen molar-refractivity contribution in [2.45, 2.75) is 40.5 Å². The van der Waals surface area contributed by atoms with Gasteiger partial charge in [0.05, 0.1) is 5.57 Å². The van der Waals surface area contributed by atoms with Crippen LogP contribution in [-0.2, 0) is 9.59 Å². The molecule has 1 unspecified atom stereocenters. The van der Waals surface area contributed by atoms with Crippen LogP contribution in [0.1, 0.15) is 40.5 Å². The second kappa shape index (κ2) is 4.29. The maximum absolute atomic E-state index is 12.6.